The van der Waals surface area contributed by atoms with Crippen molar-refractivity contribution in [3.8, 4) is 11.3 Å². The Morgan fingerprint density at radius 1 is 0.976 bits per heavy atom. The fourth-order valence-electron chi connectivity index (χ4n) is 8.27. The number of nitrogens with zero attached hydrogens (tertiary/aromatic N) is 1. The number of ketones is 1. The molecule has 3 aromatic rings. The number of nitrogens with one attached hydrogen (secondary N) is 2. The number of thiophene rings is 1. The average Bonchev–Trinajstić information content (AvgIpc) is 3.71. The van der Waals surface area contributed by atoms with E-state index >= 15 is 0 Å². The molecule has 3 heterocycles. The summed E-state index contributed by atoms with van der Waals surface area (Å²) in [5.41, 5.74) is 5.91. The Hall–Kier alpha value is -2.44. The van der Waals surface area contributed by atoms with E-state index in [-0.39, 0.29) is 23.8 Å². The van der Waals surface area contributed by atoms with Crippen molar-refractivity contribution in [2.75, 3.05) is 19.6 Å². The SMILES string of the molecule is Cc1cc(C)cc(-c2[nH]c3sc(C(C)(C)C(=O)C4C5CCC4CC5)cc3c2CCN2CCC(C(=O)NC(C)C)CC2)c1. The molecule has 2 aliphatic carbocycles. The standard InChI is InChI=1S/C36H49N3O2S/c1-21(2)37-34(41)26-11-14-39(15-12-26)16-13-28-29-20-30(36(5,6)33(40)31-24-7-8-25(31)10-9-24)42-35(29)38-32(28)27-18-22(3)17-23(4)19-27/h17-21,24-26,31,38H,7-16H2,1-6H3,(H,37,41). The van der Waals surface area contributed by atoms with E-state index in [1.165, 1.54) is 68.7 Å². The normalized spacial score (nSPS) is 23.4. The van der Waals surface area contributed by atoms with Gasteiger partial charge in [0, 0.05) is 34.7 Å². The first-order valence-electron chi connectivity index (χ1n) is 16.3. The topological polar surface area (TPSA) is 65.2 Å². The van der Waals surface area contributed by atoms with Gasteiger partial charge in [-0.05, 0) is 141 Å². The van der Waals surface area contributed by atoms with E-state index in [1.54, 1.807) is 11.3 Å². The van der Waals surface area contributed by atoms with Gasteiger partial charge in [-0.15, -0.1) is 11.3 Å². The van der Waals surface area contributed by atoms with Crippen LogP contribution in [-0.4, -0.2) is 47.3 Å². The molecule has 226 valence electrons. The van der Waals surface area contributed by atoms with Gasteiger partial charge in [-0.1, -0.05) is 17.2 Å². The highest BCUT2D eigenvalue weighted by atomic mass is 32.1. The highest BCUT2D eigenvalue weighted by Crippen LogP contribution is 2.52. The first-order chi connectivity index (χ1) is 20.0. The third-order valence-corrected chi connectivity index (χ3v) is 11.9. The van der Waals surface area contributed by atoms with Gasteiger partial charge in [0.1, 0.15) is 10.6 Å². The molecular weight excluding hydrogens is 538 g/mol. The summed E-state index contributed by atoms with van der Waals surface area (Å²) in [6.45, 7) is 15.6. The molecule has 0 unspecified atom stereocenters. The number of piperidine rings is 1. The van der Waals surface area contributed by atoms with Gasteiger partial charge in [-0.2, -0.15) is 0 Å². The maximum Gasteiger partial charge on any atom is 0.223 e. The van der Waals surface area contributed by atoms with E-state index in [2.05, 4.69) is 67.2 Å². The molecular formula is C36H49N3O2S. The van der Waals surface area contributed by atoms with E-state index < -0.39 is 5.41 Å². The van der Waals surface area contributed by atoms with Crippen LogP contribution < -0.4 is 5.32 Å². The Morgan fingerprint density at radius 2 is 1.60 bits per heavy atom. The lowest BCUT2D eigenvalue weighted by Gasteiger charge is -2.31. The van der Waals surface area contributed by atoms with E-state index in [0.29, 0.717) is 17.6 Å². The van der Waals surface area contributed by atoms with E-state index in [9.17, 15) is 9.59 Å². The number of fused-ring (bicyclic) bond motifs is 3. The molecule has 0 atom stereocenters. The second kappa shape index (κ2) is 11.6. The maximum atomic E-state index is 14.0. The van der Waals surface area contributed by atoms with Crippen molar-refractivity contribution in [3.63, 3.8) is 0 Å². The van der Waals surface area contributed by atoms with Crippen molar-refractivity contribution in [2.45, 2.75) is 97.9 Å². The van der Waals surface area contributed by atoms with Crippen molar-refractivity contribution < 1.29 is 9.59 Å². The summed E-state index contributed by atoms with van der Waals surface area (Å²) in [5.74, 6) is 2.29. The molecule has 1 amide bonds. The Balaban J connectivity index is 1.26. The lowest BCUT2D eigenvalue weighted by Crippen LogP contribution is -2.42. The molecule has 2 saturated carbocycles. The van der Waals surface area contributed by atoms with Crippen LogP contribution in [0, 0.1) is 37.5 Å². The molecule has 1 saturated heterocycles. The van der Waals surface area contributed by atoms with Gasteiger partial charge in [0.05, 0.1) is 11.1 Å². The molecule has 1 aliphatic heterocycles. The van der Waals surface area contributed by atoms with Crippen LogP contribution in [-0.2, 0) is 21.4 Å². The lowest BCUT2D eigenvalue weighted by molar-refractivity contribution is -0.129. The van der Waals surface area contributed by atoms with Crippen molar-refractivity contribution in [3.05, 3.63) is 45.8 Å². The first kappa shape index (κ1) is 29.6. The van der Waals surface area contributed by atoms with Crippen LogP contribution in [0.1, 0.15) is 87.8 Å². The molecule has 3 fully saturated rings. The summed E-state index contributed by atoms with van der Waals surface area (Å²) in [6.07, 6.45) is 7.76. The Morgan fingerprint density at radius 3 is 2.19 bits per heavy atom. The fraction of sp³-hybridized carbons (Fsp3) is 0.611. The van der Waals surface area contributed by atoms with Crippen molar-refractivity contribution in [2.24, 2.45) is 23.7 Å². The smallest absolute Gasteiger partial charge is 0.223 e. The van der Waals surface area contributed by atoms with E-state index in [4.69, 9.17) is 0 Å². The number of hydrogen-bond acceptors (Lipinski definition) is 4. The molecule has 0 spiro atoms. The molecule has 2 aromatic heterocycles. The lowest BCUT2D eigenvalue weighted by atomic mass is 9.76. The number of hydrogen-bond donors (Lipinski definition) is 2. The van der Waals surface area contributed by atoms with Crippen LogP contribution in [0.15, 0.2) is 24.3 Å². The first-order valence-corrected chi connectivity index (χ1v) is 17.1. The Labute approximate surface area is 255 Å². The number of benzene rings is 1. The zero-order valence-corrected chi connectivity index (χ0v) is 27.3. The molecule has 6 heteroatoms. The summed E-state index contributed by atoms with van der Waals surface area (Å²) in [5, 5.41) is 4.38. The number of Topliss-reactive ketones (excluding diaryl/α,β-unsaturated/α-hetero) is 1. The third-order valence-electron chi connectivity index (χ3n) is 10.5. The number of carbonyl (C=O) groups is 2. The molecule has 3 aliphatic rings. The average molecular weight is 588 g/mol. The Kier molecular flexibility index (Phi) is 8.16. The van der Waals surface area contributed by atoms with Gasteiger partial charge in [0.15, 0.2) is 0 Å². The van der Waals surface area contributed by atoms with Gasteiger partial charge >= 0.3 is 0 Å². The summed E-state index contributed by atoms with van der Waals surface area (Å²) < 4.78 is 0. The van der Waals surface area contributed by atoms with Crippen LogP contribution in [0.5, 0.6) is 0 Å². The summed E-state index contributed by atoms with van der Waals surface area (Å²) in [7, 11) is 0. The molecule has 2 N–H and O–H groups in total. The zero-order chi connectivity index (χ0) is 29.8. The number of aryl methyl sites for hydroxylation is 2. The predicted molar refractivity (Wildman–Crippen MR) is 174 cm³/mol. The zero-order valence-electron chi connectivity index (χ0n) is 26.4. The molecule has 42 heavy (non-hydrogen) atoms. The van der Waals surface area contributed by atoms with Crippen molar-refractivity contribution in [1.29, 1.82) is 0 Å². The molecule has 5 nitrogen and oxygen atoms in total. The van der Waals surface area contributed by atoms with Gasteiger partial charge < -0.3 is 15.2 Å². The molecule has 0 radical (unpaired) electrons. The van der Waals surface area contributed by atoms with Gasteiger partial charge in [-0.25, -0.2) is 0 Å². The van der Waals surface area contributed by atoms with Gasteiger partial charge in [0.25, 0.3) is 0 Å². The molecule has 1 aromatic carbocycles. The van der Waals surface area contributed by atoms with Gasteiger partial charge in [-0.3, -0.25) is 9.59 Å². The minimum absolute atomic E-state index is 0.128. The summed E-state index contributed by atoms with van der Waals surface area (Å²) >= 11 is 1.79. The van der Waals surface area contributed by atoms with Crippen LogP contribution >= 0.6 is 11.3 Å². The number of H-pyrrole nitrogens is 1. The predicted octanol–water partition coefficient (Wildman–Crippen LogP) is 7.58. The van der Waals surface area contributed by atoms with Crippen LogP contribution in [0.3, 0.4) is 0 Å². The maximum absolute atomic E-state index is 14.0. The van der Waals surface area contributed by atoms with Crippen LogP contribution in [0.4, 0.5) is 0 Å². The second-order valence-electron chi connectivity index (χ2n) is 14.4. The Bertz CT molecular complexity index is 1430. The highest BCUT2D eigenvalue weighted by molar-refractivity contribution is 7.19. The third kappa shape index (κ3) is 5.61. The number of aromatic nitrogens is 1. The number of rotatable bonds is 9. The monoisotopic (exact) mass is 587 g/mol. The van der Waals surface area contributed by atoms with E-state index in [0.717, 1.165) is 38.9 Å². The second-order valence-corrected chi connectivity index (χ2v) is 15.5. The fourth-order valence-corrected chi connectivity index (χ4v) is 9.47. The van der Waals surface area contributed by atoms with E-state index in [1.807, 2.05) is 13.8 Å². The molecule has 2 bridgehead atoms. The quantitative estimate of drug-likeness (QED) is 0.271. The number of carbonyl (C=O) groups excluding carboxylic acids is 2. The van der Waals surface area contributed by atoms with Crippen LogP contribution in [0.25, 0.3) is 21.5 Å². The minimum atomic E-state index is -0.462. The number of likely N-dealkylation sites (tertiary alicyclic amines) is 1. The summed E-state index contributed by atoms with van der Waals surface area (Å²) in [4.78, 5) is 35.3. The number of amides is 1. The number of aromatic amines is 1. The largest absolute Gasteiger partial charge is 0.354 e. The van der Waals surface area contributed by atoms with Crippen molar-refractivity contribution in [1.82, 2.24) is 15.2 Å². The highest BCUT2D eigenvalue weighted by Gasteiger charge is 2.50. The van der Waals surface area contributed by atoms with Crippen molar-refractivity contribution >= 4 is 33.2 Å². The summed E-state index contributed by atoms with van der Waals surface area (Å²) in [6, 6.07) is 9.34. The van der Waals surface area contributed by atoms with Gasteiger partial charge in [0.2, 0.25) is 5.91 Å². The minimum Gasteiger partial charge on any atom is -0.354 e. The molecule has 6 rings (SSSR count). The van der Waals surface area contributed by atoms with Crippen LogP contribution in [0.2, 0.25) is 0 Å².